The van der Waals surface area contributed by atoms with Crippen molar-refractivity contribution in [2.75, 3.05) is 7.11 Å². The standard InChI is InChI=1S/C16H20N2O3/c1-10(2)18-9-17-8-13(18)16-7-14(19)12-5-4-11(20-3)6-15(12)21-16/h4-6,8-10,14,16,19H,7H2,1-3H3/t14-,16?/m1/s1. The zero-order chi connectivity index (χ0) is 15.0. The van der Waals surface area contributed by atoms with Crippen molar-refractivity contribution in [3.63, 3.8) is 0 Å². The Labute approximate surface area is 124 Å². The number of fused-ring (bicyclic) bond motifs is 1. The Morgan fingerprint density at radius 1 is 1.43 bits per heavy atom. The molecule has 2 atom stereocenters. The molecule has 0 aliphatic carbocycles. The molecule has 3 rings (SSSR count). The summed E-state index contributed by atoms with van der Waals surface area (Å²) in [5.74, 6) is 1.40. The van der Waals surface area contributed by atoms with Gasteiger partial charge in [0.1, 0.15) is 17.6 Å². The van der Waals surface area contributed by atoms with Crippen LogP contribution in [0.25, 0.3) is 0 Å². The largest absolute Gasteiger partial charge is 0.497 e. The number of nitrogens with zero attached hydrogens (tertiary/aromatic N) is 2. The molecule has 1 aliphatic heterocycles. The summed E-state index contributed by atoms with van der Waals surface area (Å²) in [7, 11) is 1.62. The summed E-state index contributed by atoms with van der Waals surface area (Å²) in [6.45, 7) is 4.20. The van der Waals surface area contributed by atoms with Gasteiger partial charge in [-0.25, -0.2) is 4.98 Å². The van der Waals surface area contributed by atoms with Crippen molar-refractivity contribution in [2.45, 2.75) is 38.5 Å². The van der Waals surface area contributed by atoms with E-state index in [9.17, 15) is 5.11 Å². The first-order valence-electron chi connectivity index (χ1n) is 7.14. The Hall–Kier alpha value is -2.01. The molecule has 1 N–H and O–H groups in total. The van der Waals surface area contributed by atoms with Gasteiger partial charge in [-0.1, -0.05) is 0 Å². The summed E-state index contributed by atoms with van der Waals surface area (Å²) in [5.41, 5.74) is 1.79. The minimum Gasteiger partial charge on any atom is -0.497 e. The number of benzene rings is 1. The normalized spacial score (nSPS) is 21.0. The number of aromatic nitrogens is 2. The summed E-state index contributed by atoms with van der Waals surface area (Å²) in [6.07, 6.45) is 3.39. The summed E-state index contributed by atoms with van der Waals surface area (Å²) in [4.78, 5) is 4.21. The fourth-order valence-corrected chi connectivity index (χ4v) is 2.73. The summed E-state index contributed by atoms with van der Waals surface area (Å²) < 4.78 is 13.4. The van der Waals surface area contributed by atoms with Gasteiger partial charge in [-0.05, 0) is 26.0 Å². The van der Waals surface area contributed by atoms with Crippen molar-refractivity contribution < 1.29 is 14.6 Å². The molecule has 1 aromatic carbocycles. The molecule has 0 saturated heterocycles. The van der Waals surface area contributed by atoms with Crippen molar-refractivity contribution in [3.8, 4) is 11.5 Å². The van der Waals surface area contributed by atoms with Crippen molar-refractivity contribution in [1.82, 2.24) is 9.55 Å². The van der Waals surface area contributed by atoms with Gasteiger partial charge in [0.2, 0.25) is 0 Å². The second-order valence-corrected chi connectivity index (χ2v) is 5.58. The van der Waals surface area contributed by atoms with Gasteiger partial charge in [0.05, 0.1) is 31.4 Å². The number of hydrogen-bond donors (Lipinski definition) is 1. The highest BCUT2D eigenvalue weighted by atomic mass is 16.5. The predicted molar refractivity (Wildman–Crippen MR) is 78.6 cm³/mol. The maximum atomic E-state index is 10.4. The maximum absolute atomic E-state index is 10.4. The molecular weight excluding hydrogens is 268 g/mol. The molecule has 2 heterocycles. The van der Waals surface area contributed by atoms with Crippen LogP contribution in [0.15, 0.2) is 30.7 Å². The molecular formula is C16H20N2O3. The van der Waals surface area contributed by atoms with E-state index < -0.39 is 6.10 Å². The predicted octanol–water partition coefficient (Wildman–Crippen LogP) is 3.03. The summed E-state index contributed by atoms with van der Waals surface area (Å²) in [6, 6.07) is 5.81. The van der Waals surface area contributed by atoms with E-state index in [0.29, 0.717) is 18.2 Å². The molecule has 0 fully saturated rings. The lowest BCUT2D eigenvalue weighted by molar-refractivity contribution is 0.0611. The molecule has 0 bridgehead atoms. The average Bonchev–Trinajstić information content (AvgIpc) is 2.96. The van der Waals surface area contributed by atoms with Gasteiger partial charge in [0.15, 0.2) is 0 Å². The van der Waals surface area contributed by atoms with E-state index >= 15 is 0 Å². The highest BCUT2D eigenvalue weighted by molar-refractivity contribution is 5.43. The van der Waals surface area contributed by atoms with Crippen LogP contribution in [0.1, 0.15) is 49.8 Å². The number of hydrogen-bond acceptors (Lipinski definition) is 4. The zero-order valence-electron chi connectivity index (χ0n) is 12.5. The molecule has 1 aliphatic rings. The Bertz CT molecular complexity index is 636. The monoisotopic (exact) mass is 288 g/mol. The molecule has 2 aromatic rings. The SMILES string of the molecule is COc1ccc2c(c1)OC(c1cncn1C(C)C)C[C@H]2O. The first-order chi connectivity index (χ1) is 10.1. The molecule has 0 saturated carbocycles. The highest BCUT2D eigenvalue weighted by Crippen LogP contribution is 2.42. The lowest BCUT2D eigenvalue weighted by Crippen LogP contribution is -2.22. The van der Waals surface area contributed by atoms with Crippen molar-refractivity contribution in [1.29, 1.82) is 0 Å². The van der Waals surface area contributed by atoms with Crippen LogP contribution >= 0.6 is 0 Å². The fourth-order valence-electron chi connectivity index (χ4n) is 2.73. The Morgan fingerprint density at radius 2 is 2.24 bits per heavy atom. The van der Waals surface area contributed by atoms with Gasteiger partial charge in [-0.15, -0.1) is 0 Å². The van der Waals surface area contributed by atoms with Gasteiger partial charge < -0.3 is 19.1 Å². The van der Waals surface area contributed by atoms with Crippen LogP contribution in [0.2, 0.25) is 0 Å². The van der Waals surface area contributed by atoms with Crippen molar-refractivity contribution in [2.24, 2.45) is 0 Å². The molecule has 0 amide bonds. The third-order valence-electron chi connectivity index (χ3n) is 3.87. The van der Waals surface area contributed by atoms with E-state index in [0.717, 1.165) is 17.0 Å². The van der Waals surface area contributed by atoms with Crippen LogP contribution in [-0.2, 0) is 0 Å². The van der Waals surface area contributed by atoms with E-state index in [-0.39, 0.29) is 6.10 Å². The molecule has 0 spiro atoms. The van der Waals surface area contributed by atoms with Crippen molar-refractivity contribution in [3.05, 3.63) is 42.0 Å². The number of imidazole rings is 1. The zero-order valence-corrected chi connectivity index (χ0v) is 12.5. The number of ether oxygens (including phenoxy) is 2. The molecule has 1 aromatic heterocycles. The first kappa shape index (κ1) is 13.9. The number of aliphatic hydroxyl groups excluding tert-OH is 1. The van der Waals surface area contributed by atoms with Crippen molar-refractivity contribution >= 4 is 0 Å². The lowest BCUT2D eigenvalue weighted by atomic mass is 9.97. The number of aliphatic hydroxyl groups is 1. The quantitative estimate of drug-likeness (QED) is 0.943. The van der Waals surface area contributed by atoms with Crippen LogP contribution in [0.5, 0.6) is 11.5 Å². The van der Waals surface area contributed by atoms with Crippen LogP contribution in [0, 0.1) is 0 Å². The van der Waals surface area contributed by atoms with E-state index in [1.807, 2.05) is 24.4 Å². The second-order valence-electron chi connectivity index (χ2n) is 5.58. The summed E-state index contributed by atoms with van der Waals surface area (Å²) >= 11 is 0. The molecule has 5 nitrogen and oxygen atoms in total. The molecule has 5 heteroatoms. The van der Waals surface area contributed by atoms with E-state index in [4.69, 9.17) is 9.47 Å². The Kier molecular flexibility index (Phi) is 3.59. The van der Waals surface area contributed by atoms with Crippen LogP contribution in [-0.4, -0.2) is 21.8 Å². The van der Waals surface area contributed by atoms with Gasteiger partial charge in [-0.2, -0.15) is 0 Å². The van der Waals surface area contributed by atoms with Crippen LogP contribution in [0.3, 0.4) is 0 Å². The molecule has 21 heavy (non-hydrogen) atoms. The Morgan fingerprint density at radius 3 is 2.95 bits per heavy atom. The van der Waals surface area contributed by atoms with Gasteiger partial charge in [0.25, 0.3) is 0 Å². The van der Waals surface area contributed by atoms with Crippen LogP contribution in [0.4, 0.5) is 0 Å². The topological polar surface area (TPSA) is 56.5 Å². The van der Waals surface area contributed by atoms with Gasteiger partial charge >= 0.3 is 0 Å². The molecule has 1 unspecified atom stereocenters. The van der Waals surface area contributed by atoms with E-state index in [1.165, 1.54) is 0 Å². The summed E-state index contributed by atoms with van der Waals surface area (Å²) in [5, 5.41) is 10.4. The highest BCUT2D eigenvalue weighted by Gasteiger charge is 2.30. The third kappa shape index (κ3) is 2.49. The lowest BCUT2D eigenvalue weighted by Gasteiger charge is -2.30. The van der Waals surface area contributed by atoms with Gasteiger partial charge in [-0.3, -0.25) is 0 Å². The van der Waals surface area contributed by atoms with Crippen LogP contribution < -0.4 is 9.47 Å². The smallest absolute Gasteiger partial charge is 0.143 e. The van der Waals surface area contributed by atoms with E-state index in [1.54, 1.807) is 13.4 Å². The second kappa shape index (κ2) is 5.41. The first-order valence-corrected chi connectivity index (χ1v) is 7.14. The van der Waals surface area contributed by atoms with E-state index in [2.05, 4.69) is 23.4 Å². The molecule has 112 valence electrons. The van der Waals surface area contributed by atoms with Gasteiger partial charge in [0, 0.05) is 24.1 Å². The Balaban J connectivity index is 1.95. The third-order valence-corrected chi connectivity index (χ3v) is 3.87. The number of rotatable bonds is 3. The maximum Gasteiger partial charge on any atom is 0.143 e. The minimum absolute atomic E-state index is 0.204. The fraction of sp³-hybridized carbons (Fsp3) is 0.438. The molecule has 0 radical (unpaired) electrons. The number of methoxy groups -OCH3 is 1. The minimum atomic E-state index is -0.542. The average molecular weight is 288 g/mol.